The molecule has 0 aromatic heterocycles. The number of carboxylic acid groups (broad SMARTS) is 1. The molecule has 0 saturated carbocycles. The van der Waals surface area contributed by atoms with Gasteiger partial charge in [-0.2, -0.15) is 0 Å². The van der Waals surface area contributed by atoms with Crippen LogP contribution in [-0.4, -0.2) is 23.7 Å². The fraction of sp³-hybridized carbons (Fsp3) is 0.125. The number of anilines is 1. The smallest absolute Gasteiger partial charge is 0.415 e. The molecule has 0 atom stereocenters. The topological polar surface area (TPSA) is 66.8 Å². The summed E-state index contributed by atoms with van der Waals surface area (Å²) >= 11 is 11.8. The van der Waals surface area contributed by atoms with Crippen molar-refractivity contribution in [2.75, 3.05) is 11.4 Å². The van der Waals surface area contributed by atoms with E-state index in [-0.39, 0.29) is 12.3 Å². The summed E-state index contributed by atoms with van der Waals surface area (Å²) in [4.78, 5) is 24.2. The Morgan fingerprint density at radius 2 is 1.65 bits per heavy atom. The molecule has 120 valence electrons. The van der Waals surface area contributed by atoms with Crippen LogP contribution in [0.4, 0.5) is 10.5 Å². The second-order valence-corrected chi connectivity index (χ2v) is 5.52. The third-order valence-electron chi connectivity index (χ3n) is 2.88. The van der Waals surface area contributed by atoms with Crippen LogP contribution in [-0.2, 0) is 16.1 Å². The minimum atomic E-state index is -1.18. The average molecular weight is 354 g/mol. The fourth-order valence-corrected chi connectivity index (χ4v) is 2.40. The van der Waals surface area contributed by atoms with E-state index < -0.39 is 18.6 Å². The van der Waals surface area contributed by atoms with Gasteiger partial charge in [0.15, 0.2) is 0 Å². The van der Waals surface area contributed by atoms with Crippen molar-refractivity contribution in [1.29, 1.82) is 0 Å². The van der Waals surface area contributed by atoms with Crippen LogP contribution >= 0.6 is 23.2 Å². The van der Waals surface area contributed by atoms with Gasteiger partial charge >= 0.3 is 12.1 Å². The van der Waals surface area contributed by atoms with Crippen LogP contribution in [0.2, 0.25) is 10.0 Å². The van der Waals surface area contributed by atoms with Crippen molar-refractivity contribution in [3.63, 3.8) is 0 Å². The van der Waals surface area contributed by atoms with Crippen molar-refractivity contribution in [2.45, 2.75) is 6.61 Å². The van der Waals surface area contributed by atoms with E-state index in [2.05, 4.69) is 0 Å². The molecule has 0 spiro atoms. The van der Waals surface area contributed by atoms with Crippen molar-refractivity contribution in [2.24, 2.45) is 0 Å². The summed E-state index contributed by atoms with van der Waals surface area (Å²) in [6, 6.07) is 13.4. The molecular formula is C16H13Cl2NO4. The minimum Gasteiger partial charge on any atom is -0.480 e. The molecule has 0 saturated heterocycles. The van der Waals surface area contributed by atoms with E-state index >= 15 is 0 Å². The molecule has 0 aliphatic carbocycles. The summed E-state index contributed by atoms with van der Waals surface area (Å²) in [7, 11) is 0. The van der Waals surface area contributed by atoms with Crippen LogP contribution in [0.3, 0.4) is 0 Å². The molecule has 2 rings (SSSR count). The number of rotatable bonds is 5. The van der Waals surface area contributed by atoms with Gasteiger partial charge in [0.1, 0.15) is 13.2 Å². The SMILES string of the molecule is O=C(O)CN(C(=O)OCc1ccccc1)c1cc(Cl)cc(Cl)c1. The number of benzene rings is 2. The standard InChI is InChI=1S/C16H13Cl2NO4/c17-12-6-13(18)8-14(7-12)19(9-15(20)21)16(22)23-10-11-4-2-1-3-5-11/h1-8H,9-10H2,(H,20,21). The molecule has 5 nitrogen and oxygen atoms in total. The Labute approximate surface area is 143 Å². The number of nitrogens with zero attached hydrogens (tertiary/aromatic N) is 1. The molecule has 7 heteroatoms. The van der Waals surface area contributed by atoms with Crippen molar-refractivity contribution in [3.8, 4) is 0 Å². The molecule has 1 amide bonds. The summed E-state index contributed by atoms with van der Waals surface area (Å²) in [5, 5.41) is 9.58. The Balaban J connectivity index is 2.16. The lowest BCUT2D eigenvalue weighted by Crippen LogP contribution is -2.36. The van der Waals surface area contributed by atoms with Crippen LogP contribution in [0.15, 0.2) is 48.5 Å². The highest BCUT2D eigenvalue weighted by Crippen LogP contribution is 2.26. The predicted octanol–water partition coefficient (Wildman–Crippen LogP) is 4.22. The molecule has 0 unspecified atom stereocenters. The zero-order valence-corrected chi connectivity index (χ0v) is 13.4. The van der Waals surface area contributed by atoms with Gasteiger partial charge in [-0.3, -0.25) is 9.69 Å². The van der Waals surface area contributed by atoms with Gasteiger partial charge in [-0.15, -0.1) is 0 Å². The summed E-state index contributed by atoms with van der Waals surface area (Å²) < 4.78 is 5.16. The van der Waals surface area contributed by atoms with E-state index in [0.717, 1.165) is 10.5 Å². The van der Waals surface area contributed by atoms with Crippen LogP contribution in [0.25, 0.3) is 0 Å². The Morgan fingerprint density at radius 3 is 2.22 bits per heavy atom. The molecule has 0 aliphatic rings. The molecule has 23 heavy (non-hydrogen) atoms. The van der Waals surface area contributed by atoms with E-state index in [4.69, 9.17) is 33.0 Å². The van der Waals surface area contributed by atoms with E-state index in [0.29, 0.717) is 10.0 Å². The average Bonchev–Trinajstić information content (AvgIpc) is 2.50. The maximum atomic E-state index is 12.2. The Bertz CT molecular complexity index is 686. The van der Waals surface area contributed by atoms with Gasteiger partial charge in [0, 0.05) is 10.0 Å². The van der Waals surface area contributed by atoms with Crippen LogP contribution in [0.1, 0.15) is 5.56 Å². The highest BCUT2D eigenvalue weighted by atomic mass is 35.5. The normalized spacial score (nSPS) is 10.2. The molecule has 0 aliphatic heterocycles. The first kappa shape index (κ1) is 17.1. The summed E-state index contributed by atoms with van der Waals surface area (Å²) in [6.07, 6.45) is -0.797. The minimum absolute atomic E-state index is 0.0318. The number of hydrogen-bond acceptors (Lipinski definition) is 3. The number of carboxylic acids is 1. The summed E-state index contributed by atoms with van der Waals surface area (Å²) in [5.41, 5.74) is 1.04. The van der Waals surface area contributed by atoms with Crippen LogP contribution < -0.4 is 4.90 Å². The van der Waals surface area contributed by atoms with Gasteiger partial charge in [0.25, 0.3) is 0 Å². The van der Waals surface area contributed by atoms with E-state index in [9.17, 15) is 9.59 Å². The monoisotopic (exact) mass is 353 g/mol. The Kier molecular flexibility index (Phi) is 5.84. The number of carbonyl (C=O) groups excluding carboxylic acids is 1. The van der Waals surface area contributed by atoms with E-state index in [1.807, 2.05) is 18.2 Å². The lowest BCUT2D eigenvalue weighted by molar-refractivity contribution is -0.135. The second-order valence-electron chi connectivity index (χ2n) is 4.65. The maximum absolute atomic E-state index is 12.2. The predicted molar refractivity (Wildman–Crippen MR) is 88.1 cm³/mol. The van der Waals surface area contributed by atoms with Crippen molar-refractivity contribution in [1.82, 2.24) is 0 Å². The number of aliphatic carboxylic acids is 1. The van der Waals surface area contributed by atoms with Gasteiger partial charge in [0.2, 0.25) is 0 Å². The van der Waals surface area contributed by atoms with Crippen molar-refractivity contribution in [3.05, 3.63) is 64.1 Å². The van der Waals surface area contributed by atoms with Gasteiger partial charge in [-0.05, 0) is 23.8 Å². The quantitative estimate of drug-likeness (QED) is 0.873. The largest absolute Gasteiger partial charge is 0.480 e. The molecular weight excluding hydrogens is 341 g/mol. The lowest BCUT2D eigenvalue weighted by atomic mass is 10.2. The van der Waals surface area contributed by atoms with E-state index in [1.54, 1.807) is 12.1 Å². The highest BCUT2D eigenvalue weighted by molar-refractivity contribution is 6.35. The number of amides is 1. The third kappa shape index (κ3) is 5.16. The highest BCUT2D eigenvalue weighted by Gasteiger charge is 2.21. The molecule has 0 heterocycles. The summed E-state index contributed by atoms with van der Waals surface area (Å²) in [6.45, 7) is -0.533. The van der Waals surface area contributed by atoms with Gasteiger partial charge < -0.3 is 9.84 Å². The molecule has 0 bridgehead atoms. The van der Waals surface area contributed by atoms with Gasteiger partial charge in [-0.25, -0.2) is 4.79 Å². The third-order valence-corrected chi connectivity index (χ3v) is 3.31. The first-order valence-corrected chi connectivity index (χ1v) is 7.37. The fourth-order valence-electron chi connectivity index (χ4n) is 1.89. The number of ether oxygens (including phenoxy) is 1. The van der Waals surface area contributed by atoms with Gasteiger partial charge in [-0.1, -0.05) is 53.5 Å². The van der Waals surface area contributed by atoms with Crippen LogP contribution in [0, 0.1) is 0 Å². The first-order valence-electron chi connectivity index (χ1n) is 6.62. The molecule has 0 fully saturated rings. The van der Waals surface area contributed by atoms with Crippen molar-refractivity contribution >= 4 is 41.0 Å². The molecule has 2 aromatic carbocycles. The first-order chi connectivity index (χ1) is 11.0. The van der Waals surface area contributed by atoms with Crippen molar-refractivity contribution < 1.29 is 19.4 Å². The Morgan fingerprint density at radius 1 is 1.04 bits per heavy atom. The summed E-state index contributed by atoms with van der Waals surface area (Å²) in [5.74, 6) is -1.18. The molecule has 1 N–H and O–H groups in total. The van der Waals surface area contributed by atoms with Gasteiger partial charge in [0.05, 0.1) is 5.69 Å². The Hall–Kier alpha value is -2.24. The molecule has 0 radical (unpaired) electrons. The number of halogens is 2. The number of hydrogen-bond donors (Lipinski definition) is 1. The number of carbonyl (C=O) groups is 2. The zero-order valence-electron chi connectivity index (χ0n) is 11.9. The zero-order chi connectivity index (χ0) is 16.8. The molecule has 2 aromatic rings. The van der Waals surface area contributed by atoms with Crippen LogP contribution in [0.5, 0.6) is 0 Å². The lowest BCUT2D eigenvalue weighted by Gasteiger charge is -2.21. The maximum Gasteiger partial charge on any atom is 0.415 e. The van der Waals surface area contributed by atoms with E-state index in [1.165, 1.54) is 18.2 Å². The second kappa shape index (κ2) is 7.85.